The lowest BCUT2D eigenvalue weighted by molar-refractivity contribution is -0.142. The fourth-order valence-electron chi connectivity index (χ4n) is 2.08. The number of carbonyl (C=O) groups excluding carboxylic acids is 2. The summed E-state index contributed by atoms with van der Waals surface area (Å²) in [6.07, 6.45) is 1.81. The molecule has 0 fully saturated rings. The molecule has 10 heteroatoms. The van der Waals surface area contributed by atoms with Gasteiger partial charge in [0.1, 0.15) is 18.1 Å². The number of amides is 2. The molecule has 0 saturated heterocycles. The van der Waals surface area contributed by atoms with Crippen LogP contribution in [0.5, 0.6) is 0 Å². The summed E-state index contributed by atoms with van der Waals surface area (Å²) in [5, 5.41) is 23.5. The standard InChI is InChI=1S/C15H25N5O5/c1-7(2)12(20-13(22)11(16)8(3)21)14(23)19-10(15(24)25)4-9-5-17-6-18-9/h5-8,10-12,21H,4,16H2,1-3H3,(H,17,18)(H,19,23)(H,20,22)(H,24,25). The van der Waals surface area contributed by atoms with Crippen LogP contribution in [-0.4, -0.2) is 62.2 Å². The largest absolute Gasteiger partial charge is 0.480 e. The molecule has 0 spiro atoms. The summed E-state index contributed by atoms with van der Waals surface area (Å²) in [4.78, 5) is 42.4. The van der Waals surface area contributed by atoms with Gasteiger partial charge in [-0.25, -0.2) is 9.78 Å². The van der Waals surface area contributed by atoms with Crippen molar-refractivity contribution < 1.29 is 24.6 Å². The minimum Gasteiger partial charge on any atom is -0.480 e. The van der Waals surface area contributed by atoms with Gasteiger partial charge >= 0.3 is 5.97 Å². The highest BCUT2D eigenvalue weighted by atomic mass is 16.4. The first-order valence-corrected chi connectivity index (χ1v) is 7.88. The second-order valence-electron chi connectivity index (χ2n) is 6.18. The Kier molecular flexibility index (Phi) is 7.52. The first kappa shape index (κ1) is 20.6. The van der Waals surface area contributed by atoms with Gasteiger partial charge in [-0.2, -0.15) is 0 Å². The van der Waals surface area contributed by atoms with E-state index in [9.17, 15) is 24.6 Å². The first-order valence-electron chi connectivity index (χ1n) is 7.88. The molecular weight excluding hydrogens is 330 g/mol. The molecule has 7 N–H and O–H groups in total. The second kappa shape index (κ2) is 9.14. The highest BCUT2D eigenvalue weighted by Crippen LogP contribution is 2.06. The molecule has 1 heterocycles. The van der Waals surface area contributed by atoms with Gasteiger partial charge in [-0.15, -0.1) is 0 Å². The third kappa shape index (κ3) is 6.16. The molecule has 10 nitrogen and oxygen atoms in total. The van der Waals surface area contributed by atoms with E-state index in [2.05, 4.69) is 20.6 Å². The summed E-state index contributed by atoms with van der Waals surface area (Å²) >= 11 is 0. The van der Waals surface area contributed by atoms with Crippen LogP contribution in [0.1, 0.15) is 26.5 Å². The van der Waals surface area contributed by atoms with Crippen LogP contribution in [0.2, 0.25) is 0 Å². The molecule has 2 amide bonds. The number of rotatable bonds is 9. The van der Waals surface area contributed by atoms with Crippen molar-refractivity contribution in [2.24, 2.45) is 11.7 Å². The molecule has 0 aliphatic carbocycles. The highest BCUT2D eigenvalue weighted by molar-refractivity contribution is 5.92. The molecule has 1 aromatic rings. The fourth-order valence-corrected chi connectivity index (χ4v) is 2.08. The molecule has 1 aromatic heterocycles. The number of carboxylic acid groups (broad SMARTS) is 1. The van der Waals surface area contributed by atoms with Gasteiger partial charge in [0.05, 0.1) is 12.4 Å². The minimum absolute atomic E-state index is 0.0209. The van der Waals surface area contributed by atoms with E-state index in [0.717, 1.165) is 0 Å². The van der Waals surface area contributed by atoms with E-state index in [1.165, 1.54) is 19.4 Å². The Bertz CT molecular complexity index is 587. The third-order valence-electron chi connectivity index (χ3n) is 3.66. The molecule has 0 bridgehead atoms. The Morgan fingerprint density at radius 2 is 1.88 bits per heavy atom. The van der Waals surface area contributed by atoms with E-state index in [-0.39, 0.29) is 12.3 Å². The van der Waals surface area contributed by atoms with Crippen molar-refractivity contribution in [3.63, 3.8) is 0 Å². The van der Waals surface area contributed by atoms with Gasteiger partial charge in [-0.05, 0) is 12.8 Å². The third-order valence-corrected chi connectivity index (χ3v) is 3.66. The van der Waals surface area contributed by atoms with Crippen LogP contribution in [0.4, 0.5) is 0 Å². The Hall–Kier alpha value is -2.46. The van der Waals surface area contributed by atoms with Gasteiger partial charge in [0.15, 0.2) is 0 Å². The Morgan fingerprint density at radius 3 is 2.32 bits per heavy atom. The predicted octanol–water partition coefficient (Wildman–Crippen LogP) is -1.63. The van der Waals surface area contributed by atoms with Crippen molar-refractivity contribution in [1.29, 1.82) is 0 Å². The smallest absolute Gasteiger partial charge is 0.326 e. The van der Waals surface area contributed by atoms with Crippen molar-refractivity contribution in [3.8, 4) is 0 Å². The number of aliphatic hydroxyl groups excluding tert-OH is 1. The predicted molar refractivity (Wildman–Crippen MR) is 88.3 cm³/mol. The normalized spacial score (nSPS) is 15.9. The number of aliphatic hydroxyl groups is 1. The van der Waals surface area contributed by atoms with Crippen LogP contribution < -0.4 is 16.4 Å². The molecule has 4 atom stereocenters. The molecule has 0 aliphatic heterocycles. The summed E-state index contributed by atoms with van der Waals surface area (Å²) < 4.78 is 0. The number of hydrogen-bond acceptors (Lipinski definition) is 6. The van der Waals surface area contributed by atoms with Gasteiger partial charge < -0.3 is 31.6 Å². The van der Waals surface area contributed by atoms with E-state index in [1.54, 1.807) is 13.8 Å². The number of hydrogen-bond donors (Lipinski definition) is 6. The highest BCUT2D eigenvalue weighted by Gasteiger charge is 2.31. The molecule has 25 heavy (non-hydrogen) atoms. The van der Waals surface area contributed by atoms with Crippen LogP contribution in [0.3, 0.4) is 0 Å². The lowest BCUT2D eigenvalue weighted by Crippen LogP contribution is -2.58. The van der Waals surface area contributed by atoms with Crippen LogP contribution in [0, 0.1) is 5.92 Å². The van der Waals surface area contributed by atoms with Gasteiger partial charge in [0.25, 0.3) is 0 Å². The van der Waals surface area contributed by atoms with Crippen molar-refractivity contribution in [3.05, 3.63) is 18.2 Å². The number of aromatic amines is 1. The van der Waals surface area contributed by atoms with Crippen LogP contribution in [0.15, 0.2) is 12.5 Å². The zero-order valence-corrected chi connectivity index (χ0v) is 14.4. The number of aliphatic carboxylic acids is 1. The molecule has 0 saturated carbocycles. The summed E-state index contributed by atoms with van der Waals surface area (Å²) in [5.74, 6) is -2.86. The van der Waals surface area contributed by atoms with Crippen molar-refractivity contribution >= 4 is 17.8 Å². The molecule has 140 valence electrons. The molecule has 1 rings (SSSR count). The summed E-state index contributed by atoms with van der Waals surface area (Å²) in [7, 11) is 0. The average Bonchev–Trinajstić information content (AvgIpc) is 3.03. The number of carbonyl (C=O) groups is 3. The number of nitrogens with two attached hydrogens (primary N) is 1. The van der Waals surface area contributed by atoms with Crippen LogP contribution in [0.25, 0.3) is 0 Å². The monoisotopic (exact) mass is 355 g/mol. The molecule has 0 aromatic carbocycles. The fraction of sp³-hybridized carbons (Fsp3) is 0.600. The maximum atomic E-state index is 12.4. The molecule has 0 aliphatic rings. The van der Waals surface area contributed by atoms with Crippen molar-refractivity contribution in [2.45, 2.75) is 51.4 Å². The lowest BCUT2D eigenvalue weighted by Gasteiger charge is -2.25. The Labute approximate surface area is 145 Å². The Morgan fingerprint density at radius 1 is 1.24 bits per heavy atom. The number of nitrogens with one attached hydrogen (secondary N) is 3. The first-order chi connectivity index (χ1) is 11.6. The van der Waals surface area contributed by atoms with Gasteiger partial charge in [0.2, 0.25) is 11.8 Å². The SMILES string of the molecule is CC(C)C(NC(=O)C(N)C(C)O)C(=O)NC(Cc1cnc[nH]1)C(=O)O. The van der Waals surface area contributed by atoms with Gasteiger partial charge in [-0.3, -0.25) is 9.59 Å². The molecule has 4 unspecified atom stereocenters. The number of aromatic nitrogens is 2. The number of imidazole rings is 1. The number of H-pyrrole nitrogens is 1. The zero-order valence-electron chi connectivity index (χ0n) is 14.4. The van der Waals surface area contributed by atoms with E-state index in [1.807, 2.05) is 0 Å². The average molecular weight is 355 g/mol. The van der Waals surface area contributed by atoms with Gasteiger partial charge in [-0.1, -0.05) is 13.8 Å². The van der Waals surface area contributed by atoms with Crippen LogP contribution >= 0.6 is 0 Å². The van der Waals surface area contributed by atoms with E-state index in [0.29, 0.717) is 5.69 Å². The summed E-state index contributed by atoms with van der Waals surface area (Å²) in [6, 6.07) is -3.35. The van der Waals surface area contributed by atoms with E-state index < -0.39 is 42.0 Å². The maximum Gasteiger partial charge on any atom is 0.326 e. The van der Waals surface area contributed by atoms with Crippen molar-refractivity contribution in [1.82, 2.24) is 20.6 Å². The molecule has 0 radical (unpaired) electrons. The summed E-state index contributed by atoms with van der Waals surface area (Å²) in [5.41, 5.74) is 6.10. The van der Waals surface area contributed by atoms with E-state index >= 15 is 0 Å². The summed E-state index contributed by atoms with van der Waals surface area (Å²) in [6.45, 7) is 4.76. The quantitative estimate of drug-likeness (QED) is 0.309. The topological polar surface area (TPSA) is 170 Å². The van der Waals surface area contributed by atoms with Gasteiger partial charge in [0, 0.05) is 18.3 Å². The lowest BCUT2D eigenvalue weighted by atomic mass is 10.0. The van der Waals surface area contributed by atoms with E-state index in [4.69, 9.17) is 5.73 Å². The van der Waals surface area contributed by atoms with Crippen molar-refractivity contribution in [2.75, 3.05) is 0 Å². The van der Waals surface area contributed by atoms with Crippen LogP contribution in [-0.2, 0) is 20.8 Å². The molecular formula is C15H25N5O5. The number of carboxylic acids is 1. The maximum absolute atomic E-state index is 12.4. The minimum atomic E-state index is -1.21. The zero-order chi connectivity index (χ0) is 19.1. The Balaban J connectivity index is 2.79. The number of nitrogens with zero attached hydrogens (tertiary/aromatic N) is 1. The second-order valence-corrected chi connectivity index (χ2v) is 6.18.